The first-order chi connectivity index (χ1) is 20.1. The lowest BCUT2D eigenvalue weighted by molar-refractivity contribution is -0.389. The molecule has 3 saturated heterocycles. The third-order valence-corrected chi connectivity index (χ3v) is 8.44. The Morgan fingerprint density at radius 3 is 1.79 bits per heavy atom. The monoisotopic (exact) mass is 613 g/mol. The van der Waals surface area contributed by atoms with E-state index in [-0.39, 0.29) is 25.0 Å². The Morgan fingerprint density at radius 1 is 0.595 bits per heavy atom. The van der Waals surface area contributed by atoms with Crippen molar-refractivity contribution < 1.29 is 69.3 Å². The van der Waals surface area contributed by atoms with Gasteiger partial charge in [0.1, 0.15) is 54.9 Å². The SMILES string of the molecule is CCCCNCCCOC1O[C@@H](CO)[C@@H](O)C(OC2O[C@@H](CO)[C@@H](C)[C@H](C)[C@@H]2O)C1OC1OC(CO)[C@H](O)[C@H](O)[C@H]1O. The fourth-order valence-electron chi connectivity index (χ4n) is 5.38. The summed E-state index contributed by atoms with van der Waals surface area (Å²) in [4.78, 5) is 0. The second-order valence-corrected chi connectivity index (χ2v) is 11.4. The second kappa shape index (κ2) is 17.2. The number of hydrogen-bond acceptors (Lipinski definition) is 15. The normalized spacial score (nSPS) is 44.8. The summed E-state index contributed by atoms with van der Waals surface area (Å²) in [6.45, 7) is 5.71. The lowest BCUT2D eigenvalue weighted by atomic mass is 9.83. The van der Waals surface area contributed by atoms with Crippen LogP contribution in [-0.2, 0) is 28.4 Å². The largest absolute Gasteiger partial charge is 0.394 e. The minimum absolute atomic E-state index is 0.170. The fourth-order valence-corrected chi connectivity index (χ4v) is 5.38. The number of rotatable bonds is 15. The Kier molecular flexibility index (Phi) is 14.7. The molecule has 15 atom stereocenters. The van der Waals surface area contributed by atoms with E-state index in [2.05, 4.69) is 12.2 Å². The molecule has 3 aliphatic heterocycles. The molecule has 0 amide bonds. The number of unbranched alkanes of at least 4 members (excludes halogenated alkanes) is 1. The van der Waals surface area contributed by atoms with E-state index in [1.165, 1.54) is 0 Å². The third-order valence-electron chi connectivity index (χ3n) is 8.44. The molecule has 15 nitrogen and oxygen atoms in total. The molecule has 0 bridgehead atoms. The molecule has 0 aromatic rings. The van der Waals surface area contributed by atoms with Crippen LogP contribution in [0.5, 0.6) is 0 Å². The van der Waals surface area contributed by atoms with Crippen LogP contribution < -0.4 is 5.32 Å². The van der Waals surface area contributed by atoms with Gasteiger partial charge in [-0.1, -0.05) is 27.2 Å². The molecule has 3 aliphatic rings. The predicted octanol–water partition coefficient (Wildman–Crippen LogP) is -3.22. The van der Waals surface area contributed by atoms with Crippen LogP contribution in [0.25, 0.3) is 0 Å². The molecule has 3 rings (SSSR count). The Morgan fingerprint density at radius 2 is 1.14 bits per heavy atom. The number of nitrogens with one attached hydrogen (secondary N) is 1. The van der Waals surface area contributed by atoms with E-state index in [1.807, 2.05) is 6.92 Å². The Hall–Kier alpha value is -0.600. The summed E-state index contributed by atoms with van der Waals surface area (Å²) in [5, 5.41) is 85.9. The van der Waals surface area contributed by atoms with Crippen LogP contribution in [0.15, 0.2) is 0 Å². The number of aliphatic hydroxyl groups excluding tert-OH is 8. The zero-order valence-corrected chi connectivity index (χ0v) is 24.6. The maximum Gasteiger partial charge on any atom is 0.187 e. The maximum atomic E-state index is 11.2. The molecule has 15 heteroatoms. The summed E-state index contributed by atoms with van der Waals surface area (Å²) in [7, 11) is 0. The molecule has 6 unspecified atom stereocenters. The maximum absolute atomic E-state index is 11.2. The van der Waals surface area contributed by atoms with Crippen LogP contribution in [0.2, 0.25) is 0 Å². The quantitative estimate of drug-likeness (QED) is 0.0828. The fraction of sp³-hybridized carbons (Fsp3) is 1.00. The summed E-state index contributed by atoms with van der Waals surface area (Å²) in [6, 6.07) is 0. The van der Waals surface area contributed by atoms with Crippen molar-refractivity contribution in [3.8, 4) is 0 Å². The van der Waals surface area contributed by atoms with Crippen molar-refractivity contribution in [1.29, 1.82) is 0 Å². The zero-order valence-electron chi connectivity index (χ0n) is 24.6. The van der Waals surface area contributed by atoms with Gasteiger partial charge >= 0.3 is 0 Å². The lowest BCUT2D eigenvalue weighted by Crippen LogP contribution is -2.66. The highest BCUT2D eigenvalue weighted by molar-refractivity contribution is 4.96. The average molecular weight is 614 g/mol. The zero-order chi connectivity index (χ0) is 31.0. The van der Waals surface area contributed by atoms with Crippen molar-refractivity contribution >= 4 is 0 Å². The van der Waals surface area contributed by atoms with Gasteiger partial charge in [-0.15, -0.1) is 0 Å². The highest BCUT2D eigenvalue weighted by atomic mass is 16.8. The first-order valence-electron chi connectivity index (χ1n) is 14.9. The van der Waals surface area contributed by atoms with Gasteiger partial charge in [-0.3, -0.25) is 0 Å². The third kappa shape index (κ3) is 8.56. The van der Waals surface area contributed by atoms with E-state index >= 15 is 0 Å². The topological polar surface area (TPSA) is 229 Å². The molecular weight excluding hydrogens is 562 g/mol. The smallest absolute Gasteiger partial charge is 0.187 e. The van der Waals surface area contributed by atoms with Crippen molar-refractivity contribution in [2.75, 3.05) is 39.5 Å². The molecule has 42 heavy (non-hydrogen) atoms. The van der Waals surface area contributed by atoms with Crippen LogP contribution in [0.1, 0.15) is 40.0 Å². The minimum atomic E-state index is -1.77. The molecule has 0 saturated carbocycles. The molecule has 3 fully saturated rings. The number of hydrogen-bond donors (Lipinski definition) is 9. The molecule has 248 valence electrons. The van der Waals surface area contributed by atoms with Crippen molar-refractivity contribution in [3.63, 3.8) is 0 Å². The first-order valence-corrected chi connectivity index (χ1v) is 14.9. The van der Waals surface area contributed by atoms with Gasteiger partial charge in [0.05, 0.1) is 32.5 Å². The molecular formula is C27H51NO14. The highest BCUT2D eigenvalue weighted by Crippen LogP contribution is 2.36. The van der Waals surface area contributed by atoms with E-state index in [0.29, 0.717) is 13.0 Å². The summed E-state index contributed by atoms with van der Waals surface area (Å²) < 4.78 is 35.2. The van der Waals surface area contributed by atoms with Crippen LogP contribution in [0, 0.1) is 11.8 Å². The summed E-state index contributed by atoms with van der Waals surface area (Å²) in [5.74, 6) is -0.568. The van der Waals surface area contributed by atoms with E-state index in [1.54, 1.807) is 6.92 Å². The molecule has 0 aliphatic carbocycles. The van der Waals surface area contributed by atoms with Gasteiger partial charge in [-0.25, -0.2) is 0 Å². The van der Waals surface area contributed by atoms with Crippen molar-refractivity contribution in [3.05, 3.63) is 0 Å². The molecule has 3 heterocycles. The molecule has 0 radical (unpaired) electrons. The lowest BCUT2D eigenvalue weighted by Gasteiger charge is -2.49. The average Bonchev–Trinajstić information content (AvgIpc) is 2.99. The van der Waals surface area contributed by atoms with Crippen LogP contribution in [0.3, 0.4) is 0 Å². The van der Waals surface area contributed by atoms with Gasteiger partial charge in [0, 0.05) is 0 Å². The van der Waals surface area contributed by atoms with Crippen molar-refractivity contribution in [1.82, 2.24) is 5.32 Å². The van der Waals surface area contributed by atoms with E-state index < -0.39 is 93.1 Å². The highest BCUT2D eigenvalue weighted by Gasteiger charge is 2.54. The first kappa shape index (κ1) is 35.9. The van der Waals surface area contributed by atoms with Gasteiger partial charge < -0.3 is 74.6 Å². The molecule has 0 aromatic heterocycles. The van der Waals surface area contributed by atoms with E-state index in [0.717, 1.165) is 19.4 Å². The molecule has 0 aromatic carbocycles. The number of aliphatic hydroxyl groups is 8. The van der Waals surface area contributed by atoms with E-state index in [9.17, 15) is 40.9 Å². The Balaban J connectivity index is 1.84. The van der Waals surface area contributed by atoms with Gasteiger partial charge in [-0.2, -0.15) is 0 Å². The Bertz CT molecular complexity index is 764. The summed E-state index contributed by atoms with van der Waals surface area (Å²) >= 11 is 0. The molecule has 0 spiro atoms. The van der Waals surface area contributed by atoms with Crippen molar-refractivity contribution in [2.45, 2.75) is 120 Å². The van der Waals surface area contributed by atoms with Gasteiger partial charge in [0.2, 0.25) is 0 Å². The van der Waals surface area contributed by atoms with Crippen LogP contribution >= 0.6 is 0 Å². The second-order valence-electron chi connectivity index (χ2n) is 11.4. The molecule has 9 N–H and O–H groups in total. The standard InChI is InChI=1S/C27H51NO14/c1-4-5-7-28-8-6-9-37-27-24(42-26-22(36)21(35)19(33)16(11-30)39-26)23(20(34)17(12-31)40-27)41-25-18(32)14(3)13(2)15(10-29)38-25/h13-36H,4-12H2,1-3H3/t13-,14-,15-,16?,17-,18-,19-,20+,21-,22+,23?,24?,25?,26?,27?/m0/s1. The Labute approximate surface area is 246 Å². The minimum Gasteiger partial charge on any atom is -0.394 e. The van der Waals surface area contributed by atoms with Crippen LogP contribution in [0.4, 0.5) is 0 Å². The number of ether oxygens (including phenoxy) is 6. The van der Waals surface area contributed by atoms with Gasteiger partial charge in [-0.05, 0) is 37.8 Å². The van der Waals surface area contributed by atoms with Crippen LogP contribution in [-0.4, -0.2) is 160 Å². The van der Waals surface area contributed by atoms with Gasteiger partial charge in [0.25, 0.3) is 0 Å². The van der Waals surface area contributed by atoms with Gasteiger partial charge in [0.15, 0.2) is 18.9 Å². The summed E-state index contributed by atoms with van der Waals surface area (Å²) in [6.07, 6.45) is -15.3. The summed E-state index contributed by atoms with van der Waals surface area (Å²) in [5.41, 5.74) is 0. The predicted molar refractivity (Wildman–Crippen MR) is 144 cm³/mol. The van der Waals surface area contributed by atoms with Crippen molar-refractivity contribution in [2.24, 2.45) is 11.8 Å². The van der Waals surface area contributed by atoms with E-state index in [4.69, 9.17) is 28.4 Å².